The number of carbonyl (C=O) groups excluding carboxylic acids is 2. The fourth-order valence-electron chi connectivity index (χ4n) is 4.38. The number of halogens is 1. The average Bonchev–Trinajstić information content (AvgIpc) is 2.94. The Labute approximate surface area is 243 Å². The van der Waals surface area contributed by atoms with Crippen LogP contribution < -0.4 is 9.62 Å². The van der Waals surface area contributed by atoms with E-state index in [9.17, 15) is 18.0 Å². The SMILES string of the molecule is CC[C@@H](C)NC(=O)[C@@H](Cc1ccccc1)N(Cc1ccc(Cl)cc1)C(=O)CCCN(c1ccccc1)S(C)(=O)=O. The molecule has 2 amide bonds. The Hall–Kier alpha value is -3.36. The van der Waals surface area contributed by atoms with Gasteiger partial charge in [0.15, 0.2) is 0 Å². The fraction of sp³-hybridized carbons (Fsp3) is 0.355. The van der Waals surface area contributed by atoms with Crippen molar-refractivity contribution in [3.05, 3.63) is 101 Å². The summed E-state index contributed by atoms with van der Waals surface area (Å²) in [5, 5.41) is 3.64. The first-order chi connectivity index (χ1) is 19.1. The number of hydrogen-bond donors (Lipinski definition) is 1. The van der Waals surface area contributed by atoms with Crippen molar-refractivity contribution in [2.75, 3.05) is 17.1 Å². The highest BCUT2D eigenvalue weighted by Crippen LogP contribution is 2.20. The van der Waals surface area contributed by atoms with Gasteiger partial charge in [0, 0.05) is 37.0 Å². The fourth-order valence-corrected chi connectivity index (χ4v) is 5.47. The normalized spacial score (nSPS) is 12.8. The van der Waals surface area contributed by atoms with Crippen molar-refractivity contribution in [2.24, 2.45) is 0 Å². The molecule has 0 aromatic heterocycles. The summed E-state index contributed by atoms with van der Waals surface area (Å²) in [7, 11) is -3.54. The van der Waals surface area contributed by atoms with E-state index >= 15 is 0 Å². The number of amides is 2. The summed E-state index contributed by atoms with van der Waals surface area (Å²) in [5.41, 5.74) is 2.33. The van der Waals surface area contributed by atoms with Crippen molar-refractivity contribution in [3.63, 3.8) is 0 Å². The molecule has 0 aliphatic rings. The first-order valence-corrected chi connectivity index (χ1v) is 15.7. The Bertz CT molecular complexity index is 1340. The van der Waals surface area contributed by atoms with Crippen LogP contribution in [0.2, 0.25) is 5.02 Å². The Morgan fingerprint density at radius 2 is 1.50 bits per heavy atom. The van der Waals surface area contributed by atoms with Crippen LogP contribution in [0, 0.1) is 0 Å². The highest BCUT2D eigenvalue weighted by Gasteiger charge is 2.31. The second-order valence-electron chi connectivity index (χ2n) is 9.95. The number of hydrogen-bond acceptors (Lipinski definition) is 4. The lowest BCUT2D eigenvalue weighted by Gasteiger charge is -2.32. The maximum Gasteiger partial charge on any atom is 0.243 e. The Kier molecular flexibility index (Phi) is 11.6. The minimum Gasteiger partial charge on any atom is -0.352 e. The van der Waals surface area contributed by atoms with Crippen LogP contribution in [-0.2, 0) is 32.6 Å². The van der Waals surface area contributed by atoms with E-state index < -0.39 is 16.1 Å². The maximum atomic E-state index is 13.8. The summed E-state index contributed by atoms with van der Waals surface area (Å²) in [4.78, 5) is 29.0. The first-order valence-electron chi connectivity index (χ1n) is 13.5. The van der Waals surface area contributed by atoms with Crippen LogP contribution in [0.5, 0.6) is 0 Å². The van der Waals surface area contributed by atoms with Crippen LogP contribution in [0.25, 0.3) is 0 Å². The van der Waals surface area contributed by atoms with Crippen LogP contribution in [0.15, 0.2) is 84.9 Å². The summed E-state index contributed by atoms with van der Waals surface area (Å²) >= 11 is 6.09. The molecular weight excluding hydrogens is 546 g/mol. The lowest BCUT2D eigenvalue weighted by Crippen LogP contribution is -2.52. The average molecular weight is 584 g/mol. The molecule has 0 unspecified atom stereocenters. The summed E-state index contributed by atoms with van der Waals surface area (Å²) < 4.78 is 26.3. The highest BCUT2D eigenvalue weighted by molar-refractivity contribution is 7.92. The van der Waals surface area contributed by atoms with E-state index in [0.29, 0.717) is 23.6 Å². The molecule has 0 fully saturated rings. The third-order valence-corrected chi connectivity index (χ3v) is 8.18. The molecule has 40 heavy (non-hydrogen) atoms. The van der Waals surface area contributed by atoms with E-state index in [1.807, 2.05) is 62.4 Å². The molecular formula is C31H38ClN3O4S. The Morgan fingerprint density at radius 3 is 2.08 bits per heavy atom. The second kappa shape index (κ2) is 14.9. The van der Waals surface area contributed by atoms with Gasteiger partial charge in [-0.1, -0.05) is 79.2 Å². The molecule has 9 heteroatoms. The maximum absolute atomic E-state index is 13.8. The van der Waals surface area contributed by atoms with Gasteiger partial charge in [0.25, 0.3) is 0 Å². The standard InChI is InChI=1S/C31H38ClN3O4S/c1-4-24(2)33-31(37)29(22-25-12-7-5-8-13-25)34(23-26-17-19-27(32)20-18-26)30(36)16-11-21-35(40(3,38)39)28-14-9-6-10-15-28/h5-10,12-15,17-20,24,29H,4,11,16,21-23H2,1-3H3,(H,33,37)/t24-,29-/m1/s1. The van der Waals surface area contributed by atoms with Crippen molar-refractivity contribution in [1.29, 1.82) is 0 Å². The molecule has 2 atom stereocenters. The smallest absolute Gasteiger partial charge is 0.243 e. The molecule has 3 rings (SSSR count). The molecule has 0 aliphatic heterocycles. The molecule has 0 bridgehead atoms. The van der Waals surface area contributed by atoms with Crippen LogP contribution >= 0.6 is 11.6 Å². The van der Waals surface area contributed by atoms with Crippen molar-refractivity contribution in [3.8, 4) is 0 Å². The largest absolute Gasteiger partial charge is 0.352 e. The molecule has 7 nitrogen and oxygen atoms in total. The lowest BCUT2D eigenvalue weighted by molar-refractivity contribution is -0.141. The van der Waals surface area contributed by atoms with Crippen LogP contribution in [-0.4, -0.2) is 50.0 Å². The number of rotatable bonds is 14. The molecule has 0 saturated carbocycles. The monoisotopic (exact) mass is 583 g/mol. The topological polar surface area (TPSA) is 86.8 Å². The van der Waals surface area contributed by atoms with Crippen molar-refractivity contribution in [1.82, 2.24) is 10.2 Å². The Morgan fingerprint density at radius 1 is 0.900 bits per heavy atom. The van der Waals surface area contributed by atoms with Crippen LogP contribution in [0.3, 0.4) is 0 Å². The van der Waals surface area contributed by atoms with Gasteiger partial charge in [-0.3, -0.25) is 13.9 Å². The third kappa shape index (κ3) is 9.38. The molecule has 1 N–H and O–H groups in total. The highest BCUT2D eigenvalue weighted by atomic mass is 35.5. The van der Waals surface area contributed by atoms with Gasteiger partial charge in [0.05, 0.1) is 11.9 Å². The van der Waals surface area contributed by atoms with E-state index in [1.54, 1.807) is 41.3 Å². The molecule has 0 spiro atoms. The van der Waals surface area contributed by atoms with Gasteiger partial charge in [0.2, 0.25) is 21.8 Å². The zero-order valence-electron chi connectivity index (χ0n) is 23.3. The van der Waals surface area contributed by atoms with Crippen LogP contribution in [0.1, 0.15) is 44.2 Å². The molecule has 0 aliphatic carbocycles. The first kappa shape index (κ1) is 31.2. The van der Waals surface area contributed by atoms with E-state index in [4.69, 9.17) is 11.6 Å². The lowest BCUT2D eigenvalue weighted by atomic mass is 10.0. The number of carbonyl (C=O) groups is 2. The minimum atomic E-state index is -3.54. The summed E-state index contributed by atoms with van der Waals surface area (Å²) in [6.07, 6.45) is 2.64. The van der Waals surface area contributed by atoms with Gasteiger partial charge >= 0.3 is 0 Å². The number of para-hydroxylation sites is 1. The van der Waals surface area contributed by atoms with Crippen molar-refractivity contribution in [2.45, 2.75) is 58.2 Å². The molecule has 0 heterocycles. The van der Waals surface area contributed by atoms with Gasteiger partial charge in [0.1, 0.15) is 6.04 Å². The number of sulfonamides is 1. The Balaban J connectivity index is 1.88. The van der Waals surface area contributed by atoms with Gasteiger partial charge < -0.3 is 10.2 Å². The van der Waals surface area contributed by atoms with Crippen LogP contribution in [0.4, 0.5) is 5.69 Å². The molecule has 3 aromatic carbocycles. The second-order valence-corrected chi connectivity index (χ2v) is 12.3. The predicted octanol–water partition coefficient (Wildman–Crippen LogP) is 5.44. The number of nitrogens with zero attached hydrogens (tertiary/aromatic N) is 2. The predicted molar refractivity (Wildman–Crippen MR) is 162 cm³/mol. The number of anilines is 1. The molecule has 3 aromatic rings. The van der Waals surface area contributed by atoms with Gasteiger partial charge in [-0.2, -0.15) is 0 Å². The van der Waals surface area contributed by atoms with E-state index in [1.165, 1.54) is 4.31 Å². The van der Waals surface area contributed by atoms with Gasteiger partial charge in [-0.05, 0) is 55.2 Å². The molecule has 0 radical (unpaired) electrons. The minimum absolute atomic E-state index is 0.0487. The molecule has 0 saturated heterocycles. The van der Waals surface area contributed by atoms with Gasteiger partial charge in [-0.15, -0.1) is 0 Å². The summed E-state index contributed by atoms with van der Waals surface area (Å²) in [5.74, 6) is -0.445. The van der Waals surface area contributed by atoms with E-state index in [2.05, 4.69) is 5.32 Å². The zero-order chi connectivity index (χ0) is 29.1. The van der Waals surface area contributed by atoms with Crippen molar-refractivity contribution < 1.29 is 18.0 Å². The third-order valence-electron chi connectivity index (χ3n) is 6.73. The summed E-state index contributed by atoms with van der Waals surface area (Å²) in [6.45, 7) is 4.29. The molecule has 214 valence electrons. The quantitative estimate of drug-likeness (QED) is 0.274. The zero-order valence-corrected chi connectivity index (χ0v) is 24.9. The summed E-state index contributed by atoms with van der Waals surface area (Å²) in [6, 6.07) is 24.8. The van der Waals surface area contributed by atoms with Crippen molar-refractivity contribution >= 4 is 39.1 Å². The number of nitrogens with one attached hydrogen (secondary N) is 1. The van der Waals surface area contributed by atoms with E-state index in [-0.39, 0.29) is 37.4 Å². The van der Waals surface area contributed by atoms with Gasteiger partial charge in [-0.25, -0.2) is 8.42 Å². The van der Waals surface area contributed by atoms with E-state index in [0.717, 1.165) is 23.8 Å². The number of benzene rings is 3.